The molecule has 7 heteroatoms. The van der Waals surface area contributed by atoms with Crippen molar-refractivity contribution in [3.8, 4) is 0 Å². The van der Waals surface area contributed by atoms with Crippen molar-refractivity contribution >= 4 is 12.1 Å². The number of amides is 4. The van der Waals surface area contributed by atoms with Crippen LogP contribution in [-0.4, -0.2) is 63.5 Å². The number of carbonyl (C=O) groups excluding carboxylic acids is 2. The molecule has 1 atom stereocenters. The van der Waals surface area contributed by atoms with Crippen LogP contribution >= 0.6 is 0 Å². The number of hydroxylamine groups is 2. The average molecular weight is 371 g/mol. The fourth-order valence-corrected chi connectivity index (χ4v) is 3.34. The van der Waals surface area contributed by atoms with Gasteiger partial charge in [-0.25, -0.2) is 9.59 Å². The summed E-state index contributed by atoms with van der Waals surface area (Å²) < 4.78 is 0. The predicted octanol–water partition coefficient (Wildman–Crippen LogP) is 3.88. The number of rotatable bonds is 10. The van der Waals surface area contributed by atoms with Crippen molar-refractivity contribution in [3.63, 3.8) is 0 Å². The molecule has 0 bridgehead atoms. The molecule has 0 radical (unpaired) electrons. The maximum Gasteiger partial charge on any atom is 0.343 e. The molecule has 0 spiro atoms. The zero-order valence-corrected chi connectivity index (χ0v) is 17.4. The Morgan fingerprint density at radius 3 is 2.38 bits per heavy atom. The number of urea groups is 2. The van der Waals surface area contributed by atoms with Crippen molar-refractivity contribution in [2.75, 3.05) is 19.6 Å². The molecule has 0 saturated carbocycles. The SMILES string of the molecule is CCCCNC(=O)N(O)[C@@H]1N(CCCC)C(=O)N(CCC(C)C)C1(C)C. The summed E-state index contributed by atoms with van der Waals surface area (Å²) in [6.07, 6.45) is 3.78. The minimum Gasteiger partial charge on any atom is -0.336 e. The Bertz CT molecular complexity index is 468. The standard InChI is InChI=1S/C19H38N4O3/c1-7-9-12-20-17(24)23(26)16-19(5,6)22(14-11-15(3)4)18(25)21(16)13-10-8-2/h15-16,26H,7-14H2,1-6H3,(H,20,24)/t16-/m0/s1. The minimum atomic E-state index is -0.699. The zero-order valence-electron chi connectivity index (χ0n) is 17.4. The Balaban J connectivity index is 3.01. The van der Waals surface area contributed by atoms with Gasteiger partial charge in [-0.2, -0.15) is 5.06 Å². The lowest BCUT2D eigenvalue weighted by atomic mass is 9.99. The second-order valence-corrected chi connectivity index (χ2v) is 8.12. The summed E-state index contributed by atoms with van der Waals surface area (Å²) in [5, 5.41) is 14.1. The van der Waals surface area contributed by atoms with Gasteiger partial charge < -0.3 is 10.2 Å². The van der Waals surface area contributed by atoms with E-state index in [1.807, 2.05) is 20.8 Å². The highest BCUT2D eigenvalue weighted by molar-refractivity contribution is 5.81. The van der Waals surface area contributed by atoms with Gasteiger partial charge in [0.25, 0.3) is 0 Å². The molecule has 4 amide bonds. The first-order valence-electron chi connectivity index (χ1n) is 10.0. The van der Waals surface area contributed by atoms with Crippen LogP contribution in [0.15, 0.2) is 0 Å². The molecule has 1 rings (SSSR count). The second kappa shape index (κ2) is 10.00. The molecule has 0 aromatic carbocycles. The van der Waals surface area contributed by atoms with Gasteiger partial charge in [-0.15, -0.1) is 0 Å². The summed E-state index contributed by atoms with van der Waals surface area (Å²) in [5.74, 6) is 0.476. The molecule has 7 nitrogen and oxygen atoms in total. The fourth-order valence-electron chi connectivity index (χ4n) is 3.34. The van der Waals surface area contributed by atoms with Gasteiger partial charge in [0.2, 0.25) is 0 Å². The molecular weight excluding hydrogens is 332 g/mol. The molecule has 1 fully saturated rings. The number of carbonyl (C=O) groups is 2. The Labute approximate surface area is 158 Å². The van der Waals surface area contributed by atoms with Crippen LogP contribution in [0.2, 0.25) is 0 Å². The fraction of sp³-hybridized carbons (Fsp3) is 0.895. The third-order valence-electron chi connectivity index (χ3n) is 5.03. The van der Waals surface area contributed by atoms with Crippen molar-refractivity contribution in [3.05, 3.63) is 0 Å². The van der Waals surface area contributed by atoms with E-state index in [9.17, 15) is 14.8 Å². The van der Waals surface area contributed by atoms with E-state index >= 15 is 0 Å². The predicted molar refractivity (Wildman–Crippen MR) is 103 cm³/mol. The van der Waals surface area contributed by atoms with Crippen molar-refractivity contribution in [1.82, 2.24) is 20.2 Å². The largest absolute Gasteiger partial charge is 0.343 e. The van der Waals surface area contributed by atoms with Gasteiger partial charge in [-0.05, 0) is 39.0 Å². The van der Waals surface area contributed by atoms with Crippen molar-refractivity contribution in [1.29, 1.82) is 0 Å². The molecule has 1 aliphatic rings. The lowest BCUT2D eigenvalue weighted by Crippen LogP contribution is -2.59. The topological polar surface area (TPSA) is 76.1 Å². The van der Waals surface area contributed by atoms with Crippen LogP contribution in [0, 0.1) is 5.92 Å². The van der Waals surface area contributed by atoms with Crippen LogP contribution in [0.3, 0.4) is 0 Å². The summed E-state index contributed by atoms with van der Waals surface area (Å²) in [6, 6.07) is -0.647. The highest BCUT2D eigenvalue weighted by atomic mass is 16.5. The summed E-state index contributed by atoms with van der Waals surface area (Å²) in [7, 11) is 0. The van der Waals surface area contributed by atoms with Crippen LogP contribution < -0.4 is 5.32 Å². The molecule has 0 aromatic rings. The zero-order chi connectivity index (χ0) is 19.9. The molecule has 152 valence electrons. The minimum absolute atomic E-state index is 0.102. The summed E-state index contributed by atoms with van der Waals surface area (Å²) in [5.41, 5.74) is -0.670. The number of nitrogens with zero attached hydrogens (tertiary/aromatic N) is 3. The van der Waals surface area contributed by atoms with Gasteiger partial charge in [-0.3, -0.25) is 10.1 Å². The van der Waals surface area contributed by atoms with Crippen LogP contribution in [0.1, 0.15) is 73.6 Å². The van der Waals surface area contributed by atoms with E-state index < -0.39 is 17.7 Å². The quantitative estimate of drug-likeness (QED) is 0.348. The van der Waals surface area contributed by atoms with Gasteiger partial charge in [0.1, 0.15) is 0 Å². The maximum absolute atomic E-state index is 13.0. The van der Waals surface area contributed by atoms with Crippen molar-refractivity contribution in [2.24, 2.45) is 5.92 Å². The molecule has 0 aliphatic carbocycles. The summed E-state index contributed by atoms with van der Waals surface area (Å²) >= 11 is 0. The lowest BCUT2D eigenvalue weighted by molar-refractivity contribution is -0.133. The molecule has 1 heterocycles. The monoisotopic (exact) mass is 370 g/mol. The number of hydrogen-bond donors (Lipinski definition) is 2. The Morgan fingerprint density at radius 2 is 1.85 bits per heavy atom. The van der Waals surface area contributed by atoms with Gasteiger partial charge in [0, 0.05) is 19.6 Å². The number of hydrogen-bond acceptors (Lipinski definition) is 3. The van der Waals surface area contributed by atoms with Gasteiger partial charge in [-0.1, -0.05) is 40.5 Å². The Kier molecular flexibility index (Phi) is 8.67. The van der Waals surface area contributed by atoms with E-state index in [4.69, 9.17) is 0 Å². The Hall–Kier alpha value is -1.50. The molecular formula is C19H38N4O3. The smallest absolute Gasteiger partial charge is 0.336 e. The number of nitrogens with one attached hydrogen (secondary N) is 1. The molecule has 0 aromatic heterocycles. The van der Waals surface area contributed by atoms with Crippen molar-refractivity contribution < 1.29 is 14.8 Å². The molecule has 1 saturated heterocycles. The van der Waals surface area contributed by atoms with E-state index in [-0.39, 0.29) is 6.03 Å². The van der Waals surface area contributed by atoms with E-state index in [2.05, 4.69) is 26.1 Å². The van der Waals surface area contributed by atoms with Crippen LogP contribution in [0.4, 0.5) is 9.59 Å². The third kappa shape index (κ3) is 5.25. The lowest BCUT2D eigenvalue weighted by Gasteiger charge is -2.38. The summed E-state index contributed by atoms with van der Waals surface area (Å²) in [4.78, 5) is 28.9. The van der Waals surface area contributed by atoms with E-state index in [1.165, 1.54) is 0 Å². The summed E-state index contributed by atoms with van der Waals surface area (Å²) in [6.45, 7) is 13.9. The van der Waals surface area contributed by atoms with Crippen LogP contribution in [0.25, 0.3) is 0 Å². The van der Waals surface area contributed by atoms with E-state index in [0.717, 1.165) is 37.2 Å². The normalized spacial score (nSPS) is 19.4. The molecule has 2 N–H and O–H groups in total. The average Bonchev–Trinajstić information content (AvgIpc) is 2.75. The molecule has 26 heavy (non-hydrogen) atoms. The number of unbranched alkanes of at least 4 members (excludes halogenated alkanes) is 2. The highest BCUT2D eigenvalue weighted by Crippen LogP contribution is 2.35. The Morgan fingerprint density at radius 1 is 1.23 bits per heavy atom. The molecule has 1 aliphatic heterocycles. The van der Waals surface area contributed by atoms with Crippen LogP contribution in [0.5, 0.6) is 0 Å². The van der Waals surface area contributed by atoms with Gasteiger partial charge in [0.05, 0.1) is 5.54 Å². The first-order valence-corrected chi connectivity index (χ1v) is 10.0. The van der Waals surface area contributed by atoms with E-state index in [1.54, 1.807) is 9.80 Å². The van der Waals surface area contributed by atoms with Crippen molar-refractivity contribution in [2.45, 2.75) is 85.4 Å². The van der Waals surface area contributed by atoms with Crippen LogP contribution in [-0.2, 0) is 0 Å². The second-order valence-electron chi connectivity index (χ2n) is 8.12. The van der Waals surface area contributed by atoms with Gasteiger partial charge in [0.15, 0.2) is 6.17 Å². The third-order valence-corrected chi connectivity index (χ3v) is 5.03. The van der Waals surface area contributed by atoms with E-state index in [0.29, 0.717) is 25.6 Å². The highest BCUT2D eigenvalue weighted by Gasteiger charge is 2.54. The first-order chi connectivity index (χ1) is 12.2. The maximum atomic E-state index is 13.0. The first kappa shape index (κ1) is 22.5. The van der Waals surface area contributed by atoms with Gasteiger partial charge >= 0.3 is 12.1 Å². The molecule has 0 unspecified atom stereocenters.